The molecule has 2 rings (SSSR count). The van der Waals surface area contributed by atoms with Gasteiger partial charge in [-0.05, 0) is 38.0 Å². The van der Waals surface area contributed by atoms with Crippen molar-refractivity contribution in [1.29, 1.82) is 0 Å². The highest BCUT2D eigenvalue weighted by Crippen LogP contribution is 2.27. The molecular formula is C14H25N5. The van der Waals surface area contributed by atoms with E-state index in [1.165, 1.54) is 19.3 Å². The molecule has 5 nitrogen and oxygen atoms in total. The first-order chi connectivity index (χ1) is 9.10. The Morgan fingerprint density at radius 2 is 2.11 bits per heavy atom. The third kappa shape index (κ3) is 3.56. The van der Waals surface area contributed by atoms with Crippen molar-refractivity contribution < 1.29 is 0 Å². The van der Waals surface area contributed by atoms with Gasteiger partial charge in [-0.1, -0.05) is 13.8 Å². The van der Waals surface area contributed by atoms with E-state index in [1.807, 2.05) is 13.0 Å². The Labute approximate surface area is 115 Å². The molecular weight excluding hydrogens is 238 g/mol. The zero-order valence-electron chi connectivity index (χ0n) is 12.2. The lowest BCUT2D eigenvalue weighted by Gasteiger charge is -2.23. The summed E-state index contributed by atoms with van der Waals surface area (Å²) in [6.45, 7) is 8.77. The zero-order chi connectivity index (χ0) is 13.8. The molecule has 0 aliphatic carbocycles. The standard InChI is InChI=1S/C14H25N5/c1-10(2)12-5-4-7-19(8-6-12)13-9-11(3)16-14(17-13)18-15/h9-10,12H,4-8,15H2,1-3H3,(H,16,17,18). The van der Waals surface area contributed by atoms with Gasteiger partial charge in [-0.15, -0.1) is 0 Å². The summed E-state index contributed by atoms with van der Waals surface area (Å²) in [6, 6.07) is 2.04. The first-order valence-electron chi connectivity index (χ1n) is 7.17. The second-order valence-corrected chi connectivity index (χ2v) is 5.76. The highest BCUT2D eigenvalue weighted by molar-refractivity contribution is 5.44. The van der Waals surface area contributed by atoms with Gasteiger partial charge in [0.2, 0.25) is 5.95 Å². The van der Waals surface area contributed by atoms with Gasteiger partial charge in [-0.2, -0.15) is 4.98 Å². The quantitative estimate of drug-likeness (QED) is 0.647. The molecule has 5 heteroatoms. The van der Waals surface area contributed by atoms with Crippen LogP contribution in [0.25, 0.3) is 0 Å². The molecule has 1 aromatic heterocycles. The van der Waals surface area contributed by atoms with Crippen LogP contribution in [-0.2, 0) is 0 Å². The largest absolute Gasteiger partial charge is 0.356 e. The molecule has 1 aliphatic heterocycles. The van der Waals surface area contributed by atoms with Crippen LogP contribution < -0.4 is 16.2 Å². The molecule has 0 aromatic carbocycles. The monoisotopic (exact) mass is 263 g/mol. The predicted molar refractivity (Wildman–Crippen MR) is 79.0 cm³/mol. The number of nitrogens with one attached hydrogen (secondary N) is 1. The van der Waals surface area contributed by atoms with Crippen molar-refractivity contribution in [2.75, 3.05) is 23.4 Å². The van der Waals surface area contributed by atoms with Gasteiger partial charge in [0.1, 0.15) is 5.82 Å². The Morgan fingerprint density at radius 1 is 1.32 bits per heavy atom. The van der Waals surface area contributed by atoms with Crippen molar-refractivity contribution in [1.82, 2.24) is 9.97 Å². The van der Waals surface area contributed by atoms with Gasteiger partial charge in [0.15, 0.2) is 0 Å². The minimum absolute atomic E-state index is 0.500. The Kier molecular flexibility index (Phi) is 4.58. The normalized spacial score (nSPS) is 20.5. The summed E-state index contributed by atoms with van der Waals surface area (Å²) in [7, 11) is 0. The Morgan fingerprint density at radius 3 is 2.79 bits per heavy atom. The van der Waals surface area contributed by atoms with Crippen LogP contribution in [0.3, 0.4) is 0 Å². The fourth-order valence-corrected chi connectivity index (χ4v) is 2.80. The van der Waals surface area contributed by atoms with E-state index < -0.39 is 0 Å². The van der Waals surface area contributed by atoms with E-state index >= 15 is 0 Å². The molecule has 106 valence electrons. The summed E-state index contributed by atoms with van der Waals surface area (Å²) >= 11 is 0. The van der Waals surface area contributed by atoms with Gasteiger partial charge in [-0.3, -0.25) is 5.43 Å². The van der Waals surface area contributed by atoms with Gasteiger partial charge < -0.3 is 4.90 Å². The highest BCUT2D eigenvalue weighted by Gasteiger charge is 2.20. The van der Waals surface area contributed by atoms with Crippen LogP contribution in [-0.4, -0.2) is 23.1 Å². The lowest BCUT2D eigenvalue weighted by atomic mass is 9.89. The number of nitrogens with two attached hydrogens (primary N) is 1. The second kappa shape index (κ2) is 6.19. The molecule has 1 fully saturated rings. The number of aromatic nitrogens is 2. The SMILES string of the molecule is Cc1cc(N2CCCC(C(C)C)CC2)nc(NN)n1. The van der Waals surface area contributed by atoms with E-state index in [-0.39, 0.29) is 0 Å². The third-order valence-corrected chi connectivity index (χ3v) is 4.01. The van der Waals surface area contributed by atoms with E-state index in [4.69, 9.17) is 5.84 Å². The Bertz CT molecular complexity index is 418. The van der Waals surface area contributed by atoms with Crippen LogP contribution in [0.2, 0.25) is 0 Å². The molecule has 1 aromatic rings. The van der Waals surface area contributed by atoms with Crippen LogP contribution in [0, 0.1) is 18.8 Å². The Hall–Kier alpha value is -1.36. The molecule has 2 heterocycles. The average molecular weight is 263 g/mol. The van der Waals surface area contributed by atoms with Gasteiger partial charge in [-0.25, -0.2) is 10.8 Å². The van der Waals surface area contributed by atoms with E-state index in [0.29, 0.717) is 5.95 Å². The molecule has 0 bridgehead atoms. The number of rotatable bonds is 3. The highest BCUT2D eigenvalue weighted by atomic mass is 15.3. The summed E-state index contributed by atoms with van der Waals surface area (Å²) in [6.07, 6.45) is 3.80. The van der Waals surface area contributed by atoms with Crippen LogP contribution in [0.4, 0.5) is 11.8 Å². The molecule has 0 saturated carbocycles. The fraction of sp³-hybridized carbons (Fsp3) is 0.714. The molecule has 0 spiro atoms. The van der Waals surface area contributed by atoms with E-state index in [9.17, 15) is 0 Å². The topological polar surface area (TPSA) is 67.1 Å². The summed E-state index contributed by atoms with van der Waals surface area (Å²) < 4.78 is 0. The molecule has 0 amide bonds. The molecule has 19 heavy (non-hydrogen) atoms. The molecule has 1 unspecified atom stereocenters. The fourth-order valence-electron chi connectivity index (χ4n) is 2.80. The lowest BCUT2D eigenvalue weighted by molar-refractivity contribution is 0.351. The number of nitrogens with zero attached hydrogens (tertiary/aromatic N) is 3. The maximum atomic E-state index is 5.42. The molecule has 1 saturated heterocycles. The smallest absolute Gasteiger partial charge is 0.239 e. The molecule has 0 radical (unpaired) electrons. The molecule has 1 aliphatic rings. The number of anilines is 2. The third-order valence-electron chi connectivity index (χ3n) is 4.01. The molecule has 1 atom stereocenters. The summed E-state index contributed by atoms with van der Waals surface area (Å²) in [5, 5.41) is 0. The van der Waals surface area contributed by atoms with Crippen molar-refractivity contribution in [3.05, 3.63) is 11.8 Å². The number of hydrogen-bond acceptors (Lipinski definition) is 5. The second-order valence-electron chi connectivity index (χ2n) is 5.76. The maximum Gasteiger partial charge on any atom is 0.239 e. The molecule has 3 N–H and O–H groups in total. The van der Waals surface area contributed by atoms with E-state index in [2.05, 4.69) is 34.1 Å². The Balaban J connectivity index is 2.11. The average Bonchev–Trinajstić information content (AvgIpc) is 2.63. The number of aryl methyl sites for hydroxylation is 1. The first kappa shape index (κ1) is 14.1. The van der Waals surface area contributed by atoms with Gasteiger partial charge >= 0.3 is 0 Å². The minimum Gasteiger partial charge on any atom is -0.356 e. The van der Waals surface area contributed by atoms with E-state index in [0.717, 1.165) is 36.4 Å². The van der Waals surface area contributed by atoms with Crippen LogP contribution in [0.5, 0.6) is 0 Å². The van der Waals surface area contributed by atoms with Crippen LogP contribution in [0.1, 0.15) is 38.8 Å². The van der Waals surface area contributed by atoms with Crippen molar-refractivity contribution >= 4 is 11.8 Å². The first-order valence-corrected chi connectivity index (χ1v) is 7.17. The summed E-state index contributed by atoms with van der Waals surface area (Å²) in [5.74, 6) is 8.51. The summed E-state index contributed by atoms with van der Waals surface area (Å²) in [4.78, 5) is 11.1. The van der Waals surface area contributed by atoms with Crippen LogP contribution >= 0.6 is 0 Å². The number of hydrogen-bond donors (Lipinski definition) is 2. The van der Waals surface area contributed by atoms with Crippen molar-refractivity contribution in [2.24, 2.45) is 17.7 Å². The maximum absolute atomic E-state index is 5.42. The van der Waals surface area contributed by atoms with Crippen molar-refractivity contribution in [3.63, 3.8) is 0 Å². The van der Waals surface area contributed by atoms with Gasteiger partial charge in [0, 0.05) is 24.8 Å². The van der Waals surface area contributed by atoms with E-state index in [1.54, 1.807) is 0 Å². The van der Waals surface area contributed by atoms with Crippen LogP contribution in [0.15, 0.2) is 6.07 Å². The van der Waals surface area contributed by atoms with Gasteiger partial charge in [0.05, 0.1) is 0 Å². The zero-order valence-corrected chi connectivity index (χ0v) is 12.2. The van der Waals surface area contributed by atoms with Crippen molar-refractivity contribution in [3.8, 4) is 0 Å². The lowest BCUT2D eigenvalue weighted by Crippen LogP contribution is -2.26. The number of nitrogen functional groups attached to an aromatic ring is 1. The van der Waals surface area contributed by atoms with Crippen molar-refractivity contribution in [2.45, 2.75) is 40.0 Å². The predicted octanol–water partition coefficient (Wildman–Crippen LogP) is 2.33. The number of hydrazine groups is 1. The van der Waals surface area contributed by atoms with Gasteiger partial charge in [0.25, 0.3) is 0 Å². The minimum atomic E-state index is 0.500. The summed E-state index contributed by atoms with van der Waals surface area (Å²) in [5.41, 5.74) is 3.49.